The minimum atomic E-state index is 0.228. The van der Waals surface area contributed by atoms with Crippen molar-refractivity contribution in [2.75, 3.05) is 39.8 Å². The van der Waals surface area contributed by atoms with Crippen molar-refractivity contribution in [3.8, 4) is 0 Å². The molecule has 0 aliphatic carbocycles. The quantitative estimate of drug-likeness (QED) is 0.901. The van der Waals surface area contributed by atoms with Crippen LogP contribution in [0.5, 0.6) is 0 Å². The molecular formula is C17H25N3O. The van der Waals surface area contributed by atoms with Gasteiger partial charge in [-0.05, 0) is 43.0 Å². The Balaban J connectivity index is 1.52. The van der Waals surface area contributed by atoms with Gasteiger partial charge in [-0.25, -0.2) is 0 Å². The SMILES string of the molecule is Cc1ccccc1CN(C)C(=O)CN1C[C@H]2CNC[C@H]2C1. The number of rotatable bonds is 4. The summed E-state index contributed by atoms with van der Waals surface area (Å²) in [4.78, 5) is 16.6. The van der Waals surface area contributed by atoms with Crippen molar-refractivity contribution in [1.29, 1.82) is 0 Å². The standard InChI is InChI=1S/C17H25N3O/c1-13-5-3-4-6-14(13)9-19(2)17(21)12-20-10-15-7-18-8-16(15)11-20/h3-6,15-16,18H,7-12H2,1-2H3/t15-,16+. The van der Waals surface area contributed by atoms with E-state index >= 15 is 0 Å². The second-order valence-corrected chi connectivity index (χ2v) is 6.55. The molecule has 2 aliphatic heterocycles. The summed E-state index contributed by atoms with van der Waals surface area (Å²) in [5.74, 6) is 1.73. The number of carbonyl (C=O) groups is 1. The molecule has 21 heavy (non-hydrogen) atoms. The van der Waals surface area contributed by atoms with Crippen LogP contribution in [0.4, 0.5) is 0 Å². The third-order valence-corrected chi connectivity index (χ3v) is 4.92. The molecule has 1 N–H and O–H groups in total. The van der Waals surface area contributed by atoms with E-state index in [1.165, 1.54) is 11.1 Å². The maximum Gasteiger partial charge on any atom is 0.236 e. The van der Waals surface area contributed by atoms with Crippen molar-refractivity contribution in [3.05, 3.63) is 35.4 Å². The van der Waals surface area contributed by atoms with Crippen molar-refractivity contribution in [2.45, 2.75) is 13.5 Å². The lowest BCUT2D eigenvalue weighted by molar-refractivity contribution is -0.131. The van der Waals surface area contributed by atoms with E-state index in [9.17, 15) is 4.79 Å². The van der Waals surface area contributed by atoms with Crippen LogP contribution in [0, 0.1) is 18.8 Å². The van der Waals surface area contributed by atoms with Crippen LogP contribution in [0.1, 0.15) is 11.1 Å². The van der Waals surface area contributed by atoms with Crippen LogP contribution in [0.25, 0.3) is 0 Å². The molecule has 3 rings (SSSR count). The van der Waals surface area contributed by atoms with Crippen LogP contribution in [0.3, 0.4) is 0 Å². The molecule has 0 aromatic heterocycles. The molecule has 0 spiro atoms. The van der Waals surface area contributed by atoms with E-state index in [1.807, 2.05) is 24.1 Å². The van der Waals surface area contributed by atoms with Gasteiger partial charge in [0, 0.05) is 26.7 Å². The Morgan fingerprint density at radius 3 is 2.62 bits per heavy atom. The highest BCUT2D eigenvalue weighted by Crippen LogP contribution is 2.26. The highest BCUT2D eigenvalue weighted by molar-refractivity contribution is 5.78. The van der Waals surface area contributed by atoms with Crippen molar-refractivity contribution in [3.63, 3.8) is 0 Å². The monoisotopic (exact) mass is 287 g/mol. The van der Waals surface area contributed by atoms with Gasteiger partial charge in [-0.2, -0.15) is 0 Å². The van der Waals surface area contributed by atoms with Crippen LogP contribution in [-0.2, 0) is 11.3 Å². The summed E-state index contributed by atoms with van der Waals surface area (Å²) in [7, 11) is 1.91. The van der Waals surface area contributed by atoms with Crippen LogP contribution in [0.15, 0.2) is 24.3 Å². The van der Waals surface area contributed by atoms with Crippen molar-refractivity contribution < 1.29 is 4.79 Å². The van der Waals surface area contributed by atoms with Gasteiger partial charge in [0.25, 0.3) is 0 Å². The van der Waals surface area contributed by atoms with E-state index < -0.39 is 0 Å². The second-order valence-electron chi connectivity index (χ2n) is 6.55. The predicted octanol–water partition coefficient (Wildman–Crippen LogP) is 1.10. The summed E-state index contributed by atoms with van der Waals surface area (Å²) in [5, 5.41) is 3.44. The molecule has 4 heteroatoms. The van der Waals surface area contributed by atoms with E-state index in [-0.39, 0.29) is 5.91 Å². The van der Waals surface area contributed by atoms with Gasteiger partial charge in [-0.3, -0.25) is 9.69 Å². The number of nitrogens with one attached hydrogen (secondary N) is 1. The van der Waals surface area contributed by atoms with E-state index in [2.05, 4.69) is 29.3 Å². The molecule has 0 radical (unpaired) electrons. The second kappa shape index (κ2) is 6.16. The number of fused-ring (bicyclic) bond motifs is 1. The molecule has 1 amide bonds. The van der Waals surface area contributed by atoms with Crippen LogP contribution >= 0.6 is 0 Å². The first-order valence-electron chi connectivity index (χ1n) is 7.85. The van der Waals surface area contributed by atoms with Crippen LogP contribution in [0.2, 0.25) is 0 Å². The molecule has 1 aromatic rings. The topological polar surface area (TPSA) is 35.6 Å². The Hall–Kier alpha value is -1.39. The first kappa shape index (κ1) is 14.5. The molecule has 2 atom stereocenters. The number of carbonyl (C=O) groups excluding carboxylic acids is 1. The number of nitrogens with zero attached hydrogens (tertiary/aromatic N) is 2. The number of likely N-dealkylation sites (N-methyl/N-ethyl adjacent to an activating group) is 1. The van der Waals surface area contributed by atoms with Gasteiger partial charge in [0.2, 0.25) is 5.91 Å². The van der Waals surface area contributed by atoms with Crippen LogP contribution in [-0.4, -0.2) is 55.5 Å². The fourth-order valence-electron chi connectivity index (χ4n) is 3.52. The highest BCUT2D eigenvalue weighted by atomic mass is 16.2. The molecule has 2 fully saturated rings. The van der Waals surface area contributed by atoms with Gasteiger partial charge in [-0.1, -0.05) is 24.3 Å². The summed E-state index contributed by atoms with van der Waals surface area (Å²) < 4.78 is 0. The number of hydrogen-bond donors (Lipinski definition) is 1. The zero-order chi connectivity index (χ0) is 14.8. The van der Waals surface area contributed by atoms with Crippen molar-refractivity contribution in [2.24, 2.45) is 11.8 Å². The van der Waals surface area contributed by atoms with Crippen LogP contribution < -0.4 is 5.32 Å². The number of amides is 1. The summed E-state index contributed by atoms with van der Waals surface area (Å²) in [5.41, 5.74) is 2.48. The third-order valence-electron chi connectivity index (χ3n) is 4.92. The average Bonchev–Trinajstić information content (AvgIpc) is 3.02. The number of aryl methyl sites for hydroxylation is 1. The molecule has 2 heterocycles. The molecule has 1 aromatic carbocycles. The Morgan fingerprint density at radius 1 is 1.29 bits per heavy atom. The Labute approximate surface area is 127 Å². The van der Waals surface area contributed by atoms with Gasteiger partial charge in [0.05, 0.1) is 6.54 Å². The van der Waals surface area contributed by atoms with Gasteiger partial charge in [0.15, 0.2) is 0 Å². The largest absolute Gasteiger partial charge is 0.340 e. The Morgan fingerprint density at radius 2 is 1.95 bits per heavy atom. The summed E-state index contributed by atoms with van der Waals surface area (Å²) in [6.07, 6.45) is 0. The Kier molecular flexibility index (Phi) is 4.27. The Bertz CT molecular complexity index is 505. The average molecular weight is 287 g/mol. The first-order chi connectivity index (χ1) is 10.1. The lowest BCUT2D eigenvalue weighted by Crippen LogP contribution is -2.38. The van der Waals surface area contributed by atoms with Gasteiger partial charge < -0.3 is 10.2 Å². The normalized spacial score (nSPS) is 25.0. The molecule has 2 aliphatic rings. The van der Waals surface area contributed by atoms with E-state index in [4.69, 9.17) is 0 Å². The molecular weight excluding hydrogens is 262 g/mol. The molecule has 2 saturated heterocycles. The molecule has 0 saturated carbocycles. The van der Waals surface area contributed by atoms with E-state index in [0.717, 1.165) is 38.0 Å². The van der Waals surface area contributed by atoms with E-state index in [0.29, 0.717) is 13.1 Å². The van der Waals surface area contributed by atoms with Crippen molar-refractivity contribution in [1.82, 2.24) is 15.1 Å². The summed E-state index contributed by atoms with van der Waals surface area (Å²) >= 11 is 0. The van der Waals surface area contributed by atoms with E-state index in [1.54, 1.807) is 0 Å². The zero-order valence-electron chi connectivity index (χ0n) is 13.0. The minimum absolute atomic E-state index is 0.228. The third kappa shape index (κ3) is 3.27. The fraction of sp³-hybridized carbons (Fsp3) is 0.588. The fourth-order valence-corrected chi connectivity index (χ4v) is 3.52. The van der Waals surface area contributed by atoms with Crippen molar-refractivity contribution >= 4 is 5.91 Å². The lowest BCUT2D eigenvalue weighted by atomic mass is 10.0. The maximum absolute atomic E-state index is 12.4. The minimum Gasteiger partial charge on any atom is -0.340 e. The number of likely N-dealkylation sites (tertiary alicyclic amines) is 1. The number of hydrogen-bond acceptors (Lipinski definition) is 3. The lowest BCUT2D eigenvalue weighted by Gasteiger charge is -2.23. The summed E-state index contributed by atoms with van der Waals surface area (Å²) in [6.45, 7) is 7.75. The summed E-state index contributed by atoms with van der Waals surface area (Å²) in [6, 6.07) is 8.28. The molecule has 4 nitrogen and oxygen atoms in total. The van der Waals surface area contributed by atoms with Gasteiger partial charge in [-0.15, -0.1) is 0 Å². The molecule has 0 unspecified atom stereocenters. The van der Waals surface area contributed by atoms with Gasteiger partial charge >= 0.3 is 0 Å². The predicted molar refractivity (Wildman–Crippen MR) is 83.9 cm³/mol. The highest BCUT2D eigenvalue weighted by Gasteiger charge is 2.36. The number of benzene rings is 1. The zero-order valence-corrected chi connectivity index (χ0v) is 13.0. The first-order valence-corrected chi connectivity index (χ1v) is 7.85. The molecule has 114 valence electrons. The molecule has 0 bridgehead atoms. The maximum atomic E-state index is 12.4. The van der Waals surface area contributed by atoms with Gasteiger partial charge in [0.1, 0.15) is 0 Å². The smallest absolute Gasteiger partial charge is 0.236 e.